The molecule has 2 aliphatic rings. The number of anilines is 2. The largest absolute Gasteiger partial charge is 0.493 e. The van der Waals surface area contributed by atoms with Crippen molar-refractivity contribution in [2.45, 2.75) is 64.2 Å². The highest BCUT2D eigenvalue weighted by molar-refractivity contribution is 6.35. The van der Waals surface area contributed by atoms with E-state index in [9.17, 15) is 0 Å². The molecule has 324 valence electrons. The fraction of sp³-hybridized carbons (Fsp3) is 0.360. The van der Waals surface area contributed by atoms with E-state index in [0.717, 1.165) is 122 Å². The number of hydrogen-bond acceptors (Lipinski definition) is 10. The second kappa shape index (κ2) is 20.3. The maximum atomic E-state index is 6.87. The van der Waals surface area contributed by atoms with Crippen molar-refractivity contribution in [3.63, 3.8) is 0 Å². The molecule has 0 saturated carbocycles. The number of rotatable bonds is 17. The third kappa shape index (κ3) is 9.84. The zero-order chi connectivity index (χ0) is 43.0. The van der Waals surface area contributed by atoms with Crippen molar-refractivity contribution >= 4 is 56.6 Å². The molecule has 0 bridgehead atoms. The summed E-state index contributed by atoms with van der Waals surface area (Å²) in [6.07, 6.45) is 6.37. The molecule has 62 heavy (non-hydrogen) atoms. The van der Waals surface area contributed by atoms with Crippen LogP contribution in [-0.2, 0) is 13.1 Å². The Bertz CT molecular complexity index is 2470. The molecule has 0 spiro atoms. The van der Waals surface area contributed by atoms with Crippen LogP contribution in [0.5, 0.6) is 23.0 Å². The Kier molecular flexibility index (Phi) is 14.2. The first-order chi connectivity index (χ1) is 30.3. The first kappa shape index (κ1) is 43.4. The standard InChI is InChI=1S/C50H56Cl2N6O4/c1-5-29-61-45-31-35(13-17-43(45)59-3)33-55-25-21-39(22-26-55)57(47-19-15-37-9-7-11-41(51)49(37)53-47)58(48-20-16-38-10-8-12-42(52)50(38)54-48)40-23-27-56(28-24-40)34-36-14-18-44(60-4)46(32-36)62-30-6-2/h5,7-20,31-32,39-40H,1,6,21-30,33-34H2,2-4H3. The van der Waals surface area contributed by atoms with Crippen LogP contribution in [0, 0.1) is 0 Å². The van der Waals surface area contributed by atoms with E-state index in [4.69, 9.17) is 52.1 Å². The fourth-order valence-electron chi connectivity index (χ4n) is 8.79. The minimum absolute atomic E-state index is 0.128. The highest BCUT2D eigenvalue weighted by atomic mass is 35.5. The zero-order valence-corrected chi connectivity index (χ0v) is 37.5. The van der Waals surface area contributed by atoms with E-state index >= 15 is 0 Å². The number of methoxy groups -OCH3 is 2. The molecule has 10 nitrogen and oxygen atoms in total. The summed E-state index contributed by atoms with van der Waals surface area (Å²) in [5.74, 6) is 4.71. The molecule has 4 heterocycles. The smallest absolute Gasteiger partial charge is 0.161 e. The fourth-order valence-corrected chi connectivity index (χ4v) is 9.24. The van der Waals surface area contributed by atoms with Gasteiger partial charge in [-0.2, -0.15) is 0 Å². The first-order valence-electron chi connectivity index (χ1n) is 21.7. The number of likely N-dealkylation sites (tertiary alicyclic amines) is 2. The quantitative estimate of drug-likeness (QED) is 0.0653. The minimum atomic E-state index is 0.128. The van der Waals surface area contributed by atoms with Gasteiger partial charge in [-0.15, -0.1) is 0 Å². The number of ether oxygens (including phenoxy) is 4. The van der Waals surface area contributed by atoms with Gasteiger partial charge < -0.3 is 18.9 Å². The van der Waals surface area contributed by atoms with E-state index < -0.39 is 0 Å². The summed E-state index contributed by atoms with van der Waals surface area (Å²) in [5, 5.41) is 8.16. The number of aromatic nitrogens is 2. The Labute approximate surface area is 375 Å². The van der Waals surface area contributed by atoms with Crippen LogP contribution < -0.4 is 29.0 Å². The molecule has 0 atom stereocenters. The van der Waals surface area contributed by atoms with Crippen LogP contribution in [0.1, 0.15) is 50.2 Å². The van der Waals surface area contributed by atoms with Crippen molar-refractivity contribution in [3.05, 3.63) is 131 Å². The number of pyridine rings is 2. The van der Waals surface area contributed by atoms with Crippen molar-refractivity contribution in [2.75, 3.05) is 63.6 Å². The number of hydrazine groups is 1. The highest BCUT2D eigenvalue weighted by Gasteiger charge is 2.37. The molecule has 6 aromatic rings. The van der Waals surface area contributed by atoms with Gasteiger partial charge in [0.25, 0.3) is 0 Å². The van der Waals surface area contributed by atoms with Crippen LogP contribution in [0.2, 0.25) is 10.0 Å². The van der Waals surface area contributed by atoms with E-state index in [2.05, 4.69) is 94.0 Å². The van der Waals surface area contributed by atoms with Gasteiger partial charge in [0.1, 0.15) is 18.2 Å². The van der Waals surface area contributed by atoms with Gasteiger partial charge >= 0.3 is 0 Å². The Morgan fingerprint density at radius 1 is 0.629 bits per heavy atom. The maximum absolute atomic E-state index is 6.87. The summed E-state index contributed by atoms with van der Waals surface area (Å²) in [5.41, 5.74) is 3.96. The zero-order valence-electron chi connectivity index (χ0n) is 35.9. The van der Waals surface area contributed by atoms with E-state index in [1.165, 1.54) is 11.1 Å². The van der Waals surface area contributed by atoms with E-state index in [1.807, 2.05) is 36.4 Å². The predicted octanol–water partition coefficient (Wildman–Crippen LogP) is 11.0. The van der Waals surface area contributed by atoms with Crippen LogP contribution in [0.25, 0.3) is 21.8 Å². The highest BCUT2D eigenvalue weighted by Crippen LogP contribution is 2.37. The summed E-state index contributed by atoms with van der Waals surface area (Å²) in [6, 6.07) is 33.2. The van der Waals surface area contributed by atoms with Gasteiger partial charge in [0.2, 0.25) is 0 Å². The molecule has 0 aliphatic carbocycles. The lowest BCUT2D eigenvalue weighted by Gasteiger charge is -2.49. The number of piperidine rings is 2. The molecule has 0 amide bonds. The molecule has 12 heteroatoms. The average Bonchev–Trinajstić information content (AvgIpc) is 3.30. The lowest BCUT2D eigenvalue weighted by Crippen LogP contribution is -2.59. The van der Waals surface area contributed by atoms with Crippen LogP contribution in [0.4, 0.5) is 11.6 Å². The van der Waals surface area contributed by atoms with Gasteiger partial charge in [0, 0.05) is 50.0 Å². The van der Waals surface area contributed by atoms with Gasteiger partial charge in [-0.1, -0.05) is 79.2 Å². The topological polar surface area (TPSA) is 75.7 Å². The van der Waals surface area contributed by atoms with Crippen molar-refractivity contribution in [1.82, 2.24) is 19.8 Å². The van der Waals surface area contributed by atoms with Crippen molar-refractivity contribution in [3.8, 4) is 23.0 Å². The summed E-state index contributed by atoms with van der Waals surface area (Å²) in [4.78, 5) is 15.7. The number of para-hydroxylation sites is 2. The van der Waals surface area contributed by atoms with E-state index in [0.29, 0.717) is 29.0 Å². The Morgan fingerprint density at radius 3 is 1.53 bits per heavy atom. The lowest BCUT2D eigenvalue weighted by molar-refractivity contribution is 0.183. The van der Waals surface area contributed by atoms with Crippen molar-refractivity contribution in [2.24, 2.45) is 0 Å². The second-order valence-electron chi connectivity index (χ2n) is 16.1. The van der Waals surface area contributed by atoms with Gasteiger partial charge in [0.15, 0.2) is 23.0 Å². The Hall–Kier alpha value is -5.26. The molecule has 2 fully saturated rings. The number of fused-ring (bicyclic) bond motifs is 2. The van der Waals surface area contributed by atoms with Gasteiger partial charge in [0.05, 0.1) is 54.0 Å². The van der Waals surface area contributed by atoms with Crippen LogP contribution in [0.15, 0.2) is 110 Å². The van der Waals surface area contributed by atoms with Gasteiger partial charge in [-0.3, -0.25) is 19.8 Å². The number of nitrogens with zero attached hydrogens (tertiary/aromatic N) is 6. The molecule has 0 unspecified atom stereocenters. The monoisotopic (exact) mass is 874 g/mol. The molecule has 2 aromatic heterocycles. The lowest BCUT2D eigenvalue weighted by atomic mass is 10.0. The van der Waals surface area contributed by atoms with Crippen LogP contribution >= 0.6 is 23.2 Å². The third-order valence-corrected chi connectivity index (χ3v) is 12.5. The normalized spacial score (nSPS) is 15.4. The predicted molar refractivity (Wildman–Crippen MR) is 253 cm³/mol. The van der Waals surface area contributed by atoms with Crippen molar-refractivity contribution in [1.29, 1.82) is 0 Å². The number of hydrogen-bond donors (Lipinski definition) is 0. The summed E-state index contributed by atoms with van der Waals surface area (Å²) in [6.45, 7) is 12.3. The average molecular weight is 876 g/mol. The molecule has 2 aliphatic heterocycles. The Morgan fingerprint density at radius 2 is 1.10 bits per heavy atom. The maximum Gasteiger partial charge on any atom is 0.161 e. The van der Waals surface area contributed by atoms with Gasteiger partial charge in [-0.05, 0) is 104 Å². The molecule has 8 rings (SSSR count). The van der Waals surface area contributed by atoms with E-state index in [-0.39, 0.29) is 12.1 Å². The molecule has 4 aromatic carbocycles. The first-order valence-corrected chi connectivity index (χ1v) is 22.4. The van der Waals surface area contributed by atoms with Crippen molar-refractivity contribution < 1.29 is 18.9 Å². The number of halogens is 2. The van der Waals surface area contributed by atoms with Gasteiger partial charge in [-0.25, -0.2) is 9.97 Å². The molecule has 0 radical (unpaired) electrons. The minimum Gasteiger partial charge on any atom is -0.493 e. The SMILES string of the molecule is C=CCOc1cc(CN2CCC(N(c3ccc4cccc(Cl)c4n3)N(c3ccc4cccc(Cl)c4n3)C3CCN(Cc4ccc(OC)c(OCCC)c4)CC3)CC2)ccc1OC. The summed E-state index contributed by atoms with van der Waals surface area (Å²) >= 11 is 13.7. The van der Waals surface area contributed by atoms with Crippen LogP contribution in [0.3, 0.4) is 0 Å². The summed E-state index contributed by atoms with van der Waals surface area (Å²) in [7, 11) is 3.36. The van der Waals surface area contributed by atoms with Crippen LogP contribution in [-0.4, -0.2) is 85.5 Å². The molecular formula is C50H56Cl2N6O4. The number of benzene rings is 4. The Balaban J connectivity index is 1.11. The summed E-state index contributed by atoms with van der Waals surface area (Å²) < 4.78 is 23.2. The van der Waals surface area contributed by atoms with E-state index in [1.54, 1.807) is 20.3 Å². The molecule has 2 saturated heterocycles. The molecular weight excluding hydrogens is 819 g/mol. The third-order valence-electron chi connectivity index (χ3n) is 11.9. The second-order valence-corrected chi connectivity index (χ2v) is 16.9. The molecule has 0 N–H and O–H groups in total.